The van der Waals surface area contributed by atoms with Crippen LogP contribution in [-0.4, -0.2) is 43.5 Å². The minimum Gasteiger partial charge on any atom is -0.355 e. The Bertz CT molecular complexity index is 443. The van der Waals surface area contributed by atoms with Crippen molar-refractivity contribution in [3.05, 3.63) is 35.9 Å². The lowest BCUT2D eigenvalue weighted by Crippen LogP contribution is -2.42. The van der Waals surface area contributed by atoms with Crippen LogP contribution in [0.25, 0.3) is 0 Å². The zero-order chi connectivity index (χ0) is 16.3. The summed E-state index contributed by atoms with van der Waals surface area (Å²) in [5.74, 6) is 0.817. The molecule has 1 aromatic carbocycles. The lowest BCUT2D eigenvalue weighted by molar-refractivity contribution is -0.122. The Morgan fingerprint density at radius 1 is 1.13 bits per heavy atom. The van der Waals surface area contributed by atoms with E-state index < -0.39 is 0 Å². The van der Waals surface area contributed by atoms with Crippen LogP contribution in [0.2, 0.25) is 0 Å². The summed E-state index contributed by atoms with van der Waals surface area (Å²) < 4.78 is 0. The quantitative estimate of drug-likeness (QED) is 0.734. The highest BCUT2D eigenvalue weighted by Gasteiger charge is 2.15. The maximum atomic E-state index is 12.2. The maximum Gasteiger partial charge on any atom is 0.234 e. The molecule has 2 rings (SSSR count). The number of carbonyl (C=O) groups excluding carboxylic acids is 1. The molecule has 0 heterocycles. The number of nitrogens with two attached hydrogens (primary N) is 1. The molecule has 0 spiro atoms. The van der Waals surface area contributed by atoms with E-state index in [1.54, 1.807) is 0 Å². The van der Waals surface area contributed by atoms with Gasteiger partial charge in [0.05, 0.1) is 6.54 Å². The van der Waals surface area contributed by atoms with Crippen molar-refractivity contribution < 1.29 is 4.79 Å². The van der Waals surface area contributed by atoms with Crippen LogP contribution in [0.4, 0.5) is 0 Å². The highest BCUT2D eigenvalue weighted by Crippen LogP contribution is 2.22. The second kappa shape index (κ2) is 10.4. The van der Waals surface area contributed by atoms with Gasteiger partial charge in [0.25, 0.3) is 0 Å². The van der Waals surface area contributed by atoms with Gasteiger partial charge < -0.3 is 11.1 Å². The highest BCUT2D eigenvalue weighted by molar-refractivity contribution is 5.78. The Labute approximate surface area is 140 Å². The van der Waals surface area contributed by atoms with Crippen molar-refractivity contribution in [3.8, 4) is 0 Å². The molecule has 1 fully saturated rings. The third-order valence-corrected chi connectivity index (χ3v) is 4.68. The molecule has 0 saturated heterocycles. The van der Waals surface area contributed by atoms with E-state index in [0.29, 0.717) is 19.0 Å². The number of hydrogen-bond acceptors (Lipinski definition) is 3. The molecule has 1 amide bonds. The van der Waals surface area contributed by atoms with Crippen molar-refractivity contribution in [2.45, 2.75) is 38.5 Å². The second-order valence-electron chi connectivity index (χ2n) is 6.61. The summed E-state index contributed by atoms with van der Waals surface area (Å²) in [6.07, 6.45) is 7.47. The van der Waals surface area contributed by atoms with E-state index in [1.165, 1.54) is 37.7 Å². The predicted octanol–water partition coefficient (Wildman–Crippen LogP) is 2.19. The van der Waals surface area contributed by atoms with Gasteiger partial charge in [-0.05, 0) is 30.7 Å². The zero-order valence-corrected chi connectivity index (χ0v) is 14.2. The normalized spacial score (nSPS) is 15.7. The molecule has 4 nitrogen and oxygen atoms in total. The summed E-state index contributed by atoms with van der Waals surface area (Å²) in [6.45, 7) is 3.52. The monoisotopic (exact) mass is 317 g/mol. The topological polar surface area (TPSA) is 58.4 Å². The summed E-state index contributed by atoms with van der Waals surface area (Å²) >= 11 is 0. The summed E-state index contributed by atoms with van der Waals surface area (Å²) in [6, 6.07) is 10.4. The number of nitrogens with zero attached hydrogens (tertiary/aromatic N) is 1. The Kier molecular flexibility index (Phi) is 8.12. The average molecular weight is 317 g/mol. The van der Waals surface area contributed by atoms with E-state index in [4.69, 9.17) is 5.73 Å². The van der Waals surface area contributed by atoms with Crippen LogP contribution in [0, 0.1) is 5.92 Å². The molecule has 1 saturated carbocycles. The predicted molar refractivity (Wildman–Crippen MR) is 95.2 cm³/mol. The van der Waals surface area contributed by atoms with Crippen LogP contribution in [0.1, 0.15) is 37.7 Å². The van der Waals surface area contributed by atoms with Crippen LogP contribution in [-0.2, 0) is 11.2 Å². The Hall–Kier alpha value is -1.39. The standard InChI is InChI=1S/C19H31N3O/c20-12-14-22(13-11-17-7-3-1-4-8-17)16-19(23)21-15-18-9-5-2-6-10-18/h1,3-4,7-8,18H,2,5-6,9-16,20H2,(H,21,23). The van der Waals surface area contributed by atoms with Gasteiger partial charge in [0.1, 0.15) is 0 Å². The minimum absolute atomic E-state index is 0.136. The molecule has 0 bridgehead atoms. The lowest BCUT2D eigenvalue weighted by Gasteiger charge is -2.24. The van der Waals surface area contributed by atoms with Crippen molar-refractivity contribution in [3.63, 3.8) is 0 Å². The van der Waals surface area contributed by atoms with Crippen molar-refractivity contribution >= 4 is 5.91 Å². The molecule has 1 aliphatic rings. The Morgan fingerprint density at radius 2 is 1.87 bits per heavy atom. The Morgan fingerprint density at radius 3 is 2.57 bits per heavy atom. The summed E-state index contributed by atoms with van der Waals surface area (Å²) in [5.41, 5.74) is 6.99. The largest absolute Gasteiger partial charge is 0.355 e. The fraction of sp³-hybridized carbons (Fsp3) is 0.632. The van der Waals surface area contributed by atoms with Gasteiger partial charge in [-0.3, -0.25) is 9.69 Å². The smallest absolute Gasteiger partial charge is 0.234 e. The molecule has 23 heavy (non-hydrogen) atoms. The van der Waals surface area contributed by atoms with E-state index in [0.717, 1.165) is 26.1 Å². The highest BCUT2D eigenvalue weighted by atomic mass is 16.2. The third kappa shape index (κ3) is 7.14. The summed E-state index contributed by atoms with van der Waals surface area (Å²) in [7, 11) is 0. The molecule has 0 radical (unpaired) electrons. The van der Waals surface area contributed by atoms with Crippen molar-refractivity contribution in [2.75, 3.05) is 32.7 Å². The third-order valence-electron chi connectivity index (χ3n) is 4.68. The molecule has 0 aromatic heterocycles. The molecule has 4 heteroatoms. The molecule has 3 N–H and O–H groups in total. The van der Waals surface area contributed by atoms with Crippen LogP contribution in [0.5, 0.6) is 0 Å². The van der Waals surface area contributed by atoms with Gasteiger partial charge in [0, 0.05) is 26.2 Å². The first-order chi connectivity index (χ1) is 11.3. The molecule has 0 aliphatic heterocycles. The van der Waals surface area contributed by atoms with E-state index in [1.807, 2.05) is 6.07 Å². The second-order valence-corrected chi connectivity index (χ2v) is 6.61. The summed E-state index contributed by atoms with van der Waals surface area (Å²) in [5, 5.41) is 3.12. The zero-order valence-electron chi connectivity index (χ0n) is 14.2. The van der Waals surface area contributed by atoms with Crippen LogP contribution in [0.3, 0.4) is 0 Å². The maximum absolute atomic E-state index is 12.2. The number of hydrogen-bond donors (Lipinski definition) is 2. The van der Waals surface area contributed by atoms with Crippen LogP contribution in [0.15, 0.2) is 30.3 Å². The average Bonchev–Trinajstić information content (AvgIpc) is 2.60. The first-order valence-corrected chi connectivity index (χ1v) is 9.01. The lowest BCUT2D eigenvalue weighted by atomic mass is 9.89. The van der Waals surface area contributed by atoms with Crippen molar-refractivity contribution in [2.24, 2.45) is 11.7 Å². The first-order valence-electron chi connectivity index (χ1n) is 9.01. The molecular formula is C19H31N3O. The fourth-order valence-corrected chi connectivity index (χ4v) is 3.29. The minimum atomic E-state index is 0.136. The van der Waals surface area contributed by atoms with Crippen molar-refractivity contribution in [1.82, 2.24) is 10.2 Å². The molecule has 1 aliphatic carbocycles. The SMILES string of the molecule is NCCN(CCc1ccccc1)CC(=O)NCC1CCCCC1. The van der Waals surface area contributed by atoms with E-state index in [2.05, 4.69) is 34.5 Å². The van der Waals surface area contributed by atoms with Gasteiger partial charge in [-0.15, -0.1) is 0 Å². The van der Waals surface area contributed by atoms with Crippen LogP contribution < -0.4 is 11.1 Å². The number of amides is 1. The van der Waals surface area contributed by atoms with E-state index >= 15 is 0 Å². The molecule has 1 aromatic rings. The van der Waals surface area contributed by atoms with Gasteiger partial charge >= 0.3 is 0 Å². The summed E-state index contributed by atoms with van der Waals surface area (Å²) in [4.78, 5) is 14.3. The van der Waals surface area contributed by atoms with Gasteiger partial charge in [0.15, 0.2) is 0 Å². The fourth-order valence-electron chi connectivity index (χ4n) is 3.29. The van der Waals surface area contributed by atoms with Gasteiger partial charge in [-0.1, -0.05) is 49.6 Å². The van der Waals surface area contributed by atoms with Crippen LogP contribution >= 0.6 is 0 Å². The molecular weight excluding hydrogens is 286 g/mol. The van der Waals surface area contributed by atoms with Crippen molar-refractivity contribution in [1.29, 1.82) is 0 Å². The number of nitrogens with one attached hydrogen (secondary N) is 1. The number of benzene rings is 1. The first kappa shape index (κ1) is 18.0. The molecule has 0 unspecified atom stereocenters. The van der Waals surface area contributed by atoms with E-state index in [9.17, 15) is 4.79 Å². The number of rotatable bonds is 9. The number of carbonyl (C=O) groups is 1. The Balaban J connectivity index is 1.70. The van der Waals surface area contributed by atoms with E-state index in [-0.39, 0.29) is 5.91 Å². The van der Waals surface area contributed by atoms with Gasteiger partial charge in [-0.2, -0.15) is 0 Å². The molecule has 128 valence electrons. The molecule has 0 atom stereocenters. The van der Waals surface area contributed by atoms with Gasteiger partial charge in [-0.25, -0.2) is 0 Å². The van der Waals surface area contributed by atoms with Gasteiger partial charge in [0.2, 0.25) is 5.91 Å².